The molecule has 0 amide bonds. The Hall–Kier alpha value is -0.890. The van der Waals surface area contributed by atoms with Gasteiger partial charge in [0.1, 0.15) is 4.90 Å². The number of sulfonamides is 1. The molecule has 0 radical (unpaired) electrons. The maximum absolute atomic E-state index is 12.5. The second-order valence-electron chi connectivity index (χ2n) is 4.67. The molecule has 1 aromatic rings. The number of nitrogens with two attached hydrogens (primary N) is 1. The fourth-order valence-electron chi connectivity index (χ4n) is 2.39. The van der Waals surface area contributed by atoms with Gasteiger partial charge in [0, 0.05) is 45.2 Å². The van der Waals surface area contributed by atoms with E-state index in [1.54, 1.807) is 19.4 Å². The van der Waals surface area contributed by atoms with Crippen LogP contribution in [0.5, 0.6) is 0 Å². The minimum Gasteiger partial charge on any atom is -0.380 e. The Morgan fingerprint density at radius 3 is 2.74 bits per heavy atom. The molecule has 0 saturated carbocycles. The van der Waals surface area contributed by atoms with Crippen molar-refractivity contribution in [1.82, 2.24) is 8.87 Å². The molecular weight excluding hydrogens is 266 g/mol. The number of aromatic nitrogens is 1. The molecule has 1 aromatic heterocycles. The van der Waals surface area contributed by atoms with E-state index < -0.39 is 10.0 Å². The summed E-state index contributed by atoms with van der Waals surface area (Å²) >= 11 is 0. The molecule has 1 saturated heterocycles. The summed E-state index contributed by atoms with van der Waals surface area (Å²) in [7, 11) is -1.81. The van der Waals surface area contributed by atoms with Crippen LogP contribution in [0.3, 0.4) is 0 Å². The van der Waals surface area contributed by atoms with Gasteiger partial charge >= 0.3 is 0 Å². The molecule has 0 aromatic carbocycles. The minimum atomic E-state index is -3.43. The molecule has 1 atom stereocenters. The van der Waals surface area contributed by atoms with Crippen molar-refractivity contribution in [3.63, 3.8) is 0 Å². The molecule has 7 heteroatoms. The zero-order chi connectivity index (χ0) is 14.0. The van der Waals surface area contributed by atoms with Crippen molar-refractivity contribution in [1.29, 1.82) is 0 Å². The Labute approximate surface area is 114 Å². The minimum absolute atomic E-state index is 0.00276. The number of ether oxygens (including phenoxy) is 1. The van der Waals surface area contributed by atoms with E-state index in [1.807, 2.05) is 11.5 Å². The average molecular weight is 287 g/mol. The summed E-state index contributed by atoms with van der Waals surface area (Å²) < 4.78 is 33.6. The fraction of sp³-hybridized carbons (Fsp3) is 0.667. The summed E-state index contributed by atoms with van der Waals surface area (Å²) in [4.78, 5) is 0.326. The van der Waals surface area contributed by atoms with Crippen LogP contribution in [-0.2, 0) is 27.8 Å². The summed E-state index contributed by atoms with van der Waals surface area (Å²) in [5, 5.41) is 0. The topological polar surface area (TPSA) is 77.6 Å². The van der Waals surface area contributed by atoms with E-state index in [1.165, 1.54) is 4.31 Å². The lowest BCUT2D eigenvalue weighted by Gasteiger charge is -2.15. The molecule has 2 rings (SSSR count). The lowest BCUT2D eigenvalue weighted by atomic mass is 10.3. The molecule has 1 unspecified atom stereocenters. The Morgan fingerprint density at radius 1 is 1.53 bits per heavy atom. The van der Waals surface area contributed by atoms with E-state index in [2.05, 4.69) is 0 Å². The first-order valence-corrected chi connectivity index (χ1v) is 7.89. The van der Waals surface area contributed by atoms with Gasteiger partial charge in [-0.15, -0.1) is 0 Å². The average Bonchev–Trinajstić information content (AvgIpc) is 3.05. The van der Waals surface area contributed by atoms with Gasteiger partial charge in [-0.2, -0.15) is 4.31 Å². The molecule has 0 spiro atoms. The van der Waals surface area contributed by atoms with E-state index in [4.69, 9.17) is 10.5 Å². The van der Waals surface area contributed by atoms with Crippen LogP contribution in [0, 0.1) is 0 Å². The Balaban J connectivity index is 2.27. The van der Waals surface area contributed by atoms with Crippen LogP contribution in [0.4, 0.5) is 0 Å². The van der Waals surface area contributed by atoms with Crippen LogP contribution < -0.4 is 5.73 Å². The van der Waals surface area contributed by atoms with Crippen LogP contribution in [0.1, 0.15) is 19.0 Å². The third-order valence-corrected chi connectivity index (χ3v) is 5.42. The maximum atomic E-state index is 12.5. The second kappa shape index (κ2) is 5.62. The van der Waals surface area contributed by atoms with E-state index in [9.17, 15) is 8.42 Å². The largest absolute Gasteiger partial charge is 0.380 e. The van der Waals surface area contributed by atoms with Crippen molar-refractivity contribution in [3.05, 3.63) is 18.0 Å². The van der Waals surface area contributed by atoms with Gasteiger partial charge < -0.3 is 15.0 Å². The maximum Gasteiger partial charge on any atom is 0.244 e. The van der Waals surface area contributed by atoms with Gasteiger partial charge in [-0.1, -0.05) is 0 Å². The van der Waals surface area contributed by atoms with E-state index in [0.717, 1.165) is 12.1 Å². The Kier molecular flexibility index (Phi) is 4.29. The molecule has 0 aliphatic carbocycles. The van der Waals surface area contributed by atoms with Crippen molar-refractivity contribution in [2.24, 2.45) is 5.73 Å². The van der Waals surface area contributed by atoms with Crippen molar-refractivity contribution in [3.8, 4) is 0 Å². The van der Waals surface area contributed by atoms with Crippen molar-refractivity contribution < 1.29 is 13.2 Å². The quantitative estimate of drug-likeness (QED) is 0.849. The van der Waals surface area contributed by atoms with Crippen molar-refractivity contribution in [2.45, 2.75) is 37.4 Å². The first kappa shape index (κ1) is 14.5. The predicted octanol–water partition coefficient (Wildman–Crippen LogP) is 0.376. The predicted molar refractivity (Wildman–Crippen MR) is 72.2 cm³/mol. The number of methoxy groups -OCH3 is 1. The van der Waals surface area contributed by atoms with Crippen LogP contribution in [0.15, 0.2) is 17.2 Å². The molecule has 1 fully saturated rings. The molecule has 1 aliphatic heterocycles. The molecule has 108 valence electrons. The Morgan fingerprint density at radius 2 is 2.26 bits per heavy atom. The van der Waals surface area contributed by atoms with Gasteiger partial charge in [-0.05, 0) is 19.4 Å². The molecule has 6 nitrogen and oxygen atoms in total. The van der Waals surface area contributed by atoms with Crippen LogP contribution in [0.25, 0.3) is 0 Å². The van der Waals surface area contributed by atoms with E-state index >= 15 is 0 Å². The van der Waals surface area contributed by atoms with Gasteiger partial charge in [0.15, 0.2) is 0 Å². The molecule has 2 heterocycles. The van der Waals surface area contributed by atoms with Crippen LogP contribution in [0.2, 0.25) is 0 Å². The summed E-state index contributed by atoms with van der Waals surface area (Å²) in [6.07, 6.45) is 2.41. The number of hydrogen-bond donors (Lipinski definition) is 1. The van der Waals surface area contributed by atoms with Crippen LogP contribution in [-0.4, -0.2) is 43.6 Å². The van der Waals surface area contributed by atoms with Gasteiger partial charge in [0.25, 0.3) is 0 Å². The zero-order valence-electron chi connectivity index (χ0n) is 11.4. The first-order valence-electron chi connectivity index (χ1n) is 6.45. The van der Waals surface area contributed by atoms with Crippen molar-refractivity contribution in [2.75, 3.05) is 20.2 Å². The van der Waals surface area contributed by atoms with Gasteiger partial charge in [-0.25, -0.2) is 8.42 Å². The van der Waals surface area contributed by atoms with Crippen molar-refractivity contribution >= 4 is 10.0 Å². The third kappa shape index (κ3) is 2.69. The fourth-order valence-corrected chi connectivity index (χ4v) is 3.94. The lowest BCUT2D eigenvalue weighted by molar-refractivity contribution is 0.115. The number of hydrogen-bond acceptors (Lipinski definition) is 4. The summed E-state index contributed by atoms with van der Waals surface area (Å²) in [5.41, 5.74) is 6.47. The SMILES string of the molecule is CCn1cc(S(=O)(=O)N2CCC(OC)C2)cc1CN. The highest BCUT2D eigenvalue weighted by Crippen LogP contribution is 2.23. The highest BCUT2D eigenvalue weighted by atomic mass is 32.2. The third-order valence-electron chi connectivity index (χ3n) is 3.59. The van der Waals surface area contributed by atoms with Crippen LogP contribution >= 0.6 is 0 Å². The smallest absolute Gasteiger partial charge is 0.244 e. The summed E-state index contributed by atoms with van der Waals surface area (Å²) in [5.74, 6) is 0. The monoisotopic (exact) mass is 287 g/mol. The molecule has 0 bridgehead atoms. The van der Waals surface area contributed by atoms with Gasteiger partial charge in [0.05, 0.1) is 6.10 Å². The molecular formula is C12H21N3O3S. The number of rotatable bonds is 5. The summed E-state index contributed by atoms with van der Waals surface area (Å²) in [6.45, 7) is 3.95. The molecule has 19 heavy (non-hydrogen) atoms. The molecule has 2 N–H and O–H groups in total. The zero-order valence-corrected chi connectivity index (χ0v) is 12.2. The summed E-state index contributed by atoms with van der Waals surface area (Å²) in [6, 6.07) is 1.67. The van der Waals surface area contributed by atoms with Gasteiger partial charge in [0.2, 0.25) is 10.0 Å². The Bertz CT molecular complexity index is 517. The normalized spacial score (nSPS) is 21.1. The first-order chi connectivity index (χ1) is 9.02. The number of nitrogens with zero attached hydrogens (tertiary/aromatic N) is 2. The molecule has 1 aliphatic rings. The second-order valence-corrected chi connectivity index (χ2v) is 6.60. The highest BCUT2D eigenvalue weighted by Gasteiger charge is 2.33. The van der Waals surface area contributed by atoms with E-state index in [-0.39, 0.29) is 6.10 Å². The highest BCUT2D eigenvalue weighted by molar-refractivity contribution is 7.89. The standard InChI is InChI=1S/C12H21N3O3S/c1-3-14-9-12(6-10(14)7-13)19(16,17)15-5-4-11(8-15)18-2/h6,9,11H,3-5,7-8,13H2,1-2H3. The van der Waals surface area contributed by atoms with Gasteiger partial charge in [-0.3, -0.25) is 0 Å². The number of aryl methyl sites for hydroxylation is 1. The van der Waals surface area contributed by atoms with E-state index in [0.29, 0.717) is 31.1 Å². The lowest BCUT2D eigenvalue weighted by Crippen LogP contribution is -2.29.